The fourth-order valence-corrected chi connectivity index (χ4v) is 3.49. The summed E-state index contributed by atoms with van der Waals surface area (Å²) in [6.45, 7) is 9.18. The van der Waals surface area contributed by atoms with Gasteiger partial charge < -0.3 is 5.73 Å². The quantitative estimate of drug-likeness (QED) is 0.830. The van der Waals surface area contributed by atoms with E-state index in [1.165, 1.54) is 36.8 Å². The third-order valence-electron chi connectivity index (χ3n) is 5.17. The van der Waals surface area contributed by atoms with Gasteiger partial charge in [0, 0.05) is 5.54 Å². The molecule has 1 saturated carbocycles. The highest BCUT2D eigenvalue weighted by molar-refractivity contribution is 5.26. The smallest absolute Gasteiger partial charge is 0.0195 e. The Bertz CT molecular complexity index is 408. The van der Waals surface area contributed by atoms with Crippen molar-refractivity contribution >= 4 is 0 Å². The summed E-state index contributed by atoms with van der Waals surface area (Å²) < 4.78 is 0. The first-order valence-electron chi connectivity index (χ1n) is 8.27. The van der Waals surface area contributed by atoms with Crippen LogP contribution in [-0.4, -0.2) is 5.54 Å². The highest BCUT2D eigenvalue weighted by atomic mass is 14.7. The molecule has 0 spiro atoms. The molecule has 2 N–H and O–H groups in total. The molecular weight excluding hydrogens is 242 g/mol. The summed E-state index contributed by atoms with van der Waals surface area (Å²) in [5.41, 5.74) is 9.51. The van der Waals surface area contributed by atoms with E-state index in [0.717, 1.165) is 18.3 Å². The Kier molecular flexibility index (Phi) is 4.90. The third kappa shape index (κ3) is 3.85. The second-order valence-corrected chi connectivity index (χ2v) is 7.52. The number of hydrogen-bond acceptors (Lipinski definition) is 1. The van der Waals surface area contributed by atoms with E-state index in [0.29, 0.717) is 5.92 Å². The van der Waals surface area contributed by atoms with E-state index in [2.05, 4.69) is 52.0 Å². The maximum Gasteiger partial charge on any atom is 0.0195 e. The summed E-state index contributed by atoms with van der Waals surface area (Å²) in [4.78, 5) is 0. The normalized spacial score (nSPS) is 27.2. The second kappa shape index (κ2) is 6.30. The first kappa shape index (κ1) is 15.6. The van der Waals surface area contributed by atoms with Gasteiger partial charge in [-0.05, 0) is 61.0 Å². The maximum absolute atomic E-state index is 6.65. The molecule has 0 radical (unpaired) electrons. The van der Waals surface area contributed by atoms with E-state index >= 15 is 0 Å². The Morgan fingerprint density at radius 3 is 2.05 bits per heavy atom. The lowest BCUT2D eigenvalue weighted by Gasteiger charge is -2.38. The Balaban J connectivity index is 1.96. The van der Waals surface area contributed by atoms with E-state index in [9.17, 15) is 0 Å². The fourth-order valence-electron chi connectivity index (χ4n) is 3.49. The van der Waals surface area contributed by atoms with Crippen LogP contribution in [-0.2, 0) is 6.42 Å². The molecule has 1 aliphatic rings. The lowest BCUT2D eigenvalue weighted by Crippen LogP contribution is -2.45. The number of nitrogens with two attached hydrogens (primary N) is 1. The maximum atomic E-state index is 6.65. The SMILES string of the molecule is CC(C)c1ccc(CC2(N)CCC(C(C)C)CC2)cc1. The molecule has 1 nitrogen and oxygen atoms in total. The van der Waals surface area contributed by atoms with Gasteiger partial charge in [-0.15, -0.1) is 0 Å². The molecule has 112 valence electrons. The number of hydrogen-bond donors (Lipinski definition) is 1. The van der Waals surface area contributed by atoms with Crippen molar-refractivity contribution < 1.29 is 0 Å². The summed E-state index contributed by atoms with van der Waals surface area (Å²) in [6.07, 6.45) is 6.01. The average Bonchev–Trinajstić information content (AvgIpc) is 2.39. The highest BCUT2D eigenvalue weighted by Crippen LogP contribution is 2.36. The van der Waals surface area contributed by atoms with Gasteiger partial charge in [0.2, 0.25) is 0 Å². The molecule has 1 fully saturated rings. The van der Waals surface area contributed by atoms with E-state index in [1.807, 2.05) is 0 Å². The molecule has 20 heavy (non-hydrogen) atoms. The predicted octanol–water partition coefficient (Wildman–Crippen LogP) is 4.90. The number of benzene rings is 1. The first-order valence-corrected chi connectivity index (χ1v) is 8.27. The molecule has 0 aliphatic heterocycles. The minimum atomic E-state index is 0.0325. The lowest BCUT2D eigenvalue weighted by molar-refractivity contribution is 0.194. The van der Waals surface area contributed by atoms with E-state index in [1.54, 1.807) is 0 Å². The topological polar surface area (TPSA) is 26.0 Å². The van der Waals surface area contributed by atoms with Crippen LogP contribution in [0.5, 0.6) is 0 Å². The summed E-state index contributed by atoms with van der Waals surface area (Å²) in [5.74, 6) is 2.30. The molecule has 0 heterocycles. The predicted molar refractivity (Wildman–Crippen MR) is 87.9 cm³/mol. The molecule has 0 aromatic heterocycles. The molecule has 2 rings (SSSR count). The monoisotopic (exact) mass is 273 g/mol. The van der Waals surface area contributed by atoms with Gasteiger partial charge in [0.25, 0.3) is 0 Å². The average molecular weight is 273 g/mol. The molecule has 1 heteroatoms. The van der Waals surface area contributed by atoms with Gasteiger partial charge in [-0.3, -0.25) is 0 Å². The summed E-state index contributed by atoms with van der Waals surface area (Å²) >= 11 is 0. The summed E-state index contributed by atoms with van der Waals surface area (Å²) in [6, 6.07) is 9.09. The van der Waals surface area contributed by atoms with Crippen molar-refractivity contribution in [2.75, 3.05) is 0 Å². The van der Waals surface area contributed by atoms with Crippen molar-refractivity contribution in [3.8, 4) is 0 Å². The minimum absolute atomic E-state index is 0.0325. The van der Waals surface area contributed by atoms with Crippen LogP contribution in [0.25, 0.3) is 0 Å². The van der Waals surface area contributed by atoms with Gasteiger partial charge in [-0.2, -0.15) is 0 Å². The Labute approximate surface area is 125 Å². The Morgan fingerprint density at radius 1 is 1.05 bits per heavy atom. The number of rotatable bonds is 4. The summed E-state index contributed by atoms with van der Waals surface area (Å²) in [5, 5.41) is 0. The van der Waals surface area contributed by atoms with Crippen LogP contribution < -0.4 is 5.73 Å². The third-order valence-corrected chi connectivity index (χ3v) is 5.17. The van der Waals surface area contributed by atoms with Gasteiger partial charge in [-0.1, -0.05) is 52.0 Å². The summed E-state index contributed by atoms with van der Waals surface area (Å²) in [7, 11) is 0. The zero-order valence-electron chi connectivity index (χ0n) is 13.7. The van der Waals surface area contributed by atoms with Crippen LogP contribution in [0, 0.1) is 11.8 Å². The Hall–Kier alpha value is -0.820. The van der Waals surface area contributed by atoms with Gasteiger partial charge in [0.1, 0.15) is 0 Å². The zero-order chi connectivity index (χ0) is 14.8. The lowest BCUT2D eigenvalue weighted by atomic mass is 9.71. The highest BCUT2D eigenvalue weighted by Gasteiger charge is 2.32. The minimum Gasteiger partial charge on any atom is -0.325 e. The zero-order valence-corrected chi connectivity index (χ0v) is 13.7. The van der Waals surface area contributed by atoms with Gasteiger partial charge in [0.15, 0.2) is 0 Å². The standard InChI is InChI=1S/C19H31N/c1-14(2)17-7-5-16(6-8-17)13-19(20)11-9-18(10-12-19)15(3)4/h5-8,14-15,18H,9-13,20H2,1-4H3. The van der Waals surface area contributed by atoms with Crippen LogP contribution in [0.4, 0.5) is 0 Å². The molecule has 1 aromatic rings. The molecule has 0 amide bonds. The fraction of sp³-hybridized carbons (Fsp3) is 0.684. The van der Waals surface area contributed by atoms with Crippen molar-refractivity contribution in [3.05, 3.63) is 35.4 Å². The molecular formula is C19H31N. The van der Waals surface area contributed by atoms with Crippen LogP contribution >= 0.6 is 0 Å². The molecule has 1 aromatic carbocycles. The van der Waals surface area contributed by atoms with Crippen molar-refractivity contribution in [2.45, 2.75) is 71.3 Å². The van der Waals surface area contributed by atoms with Crippen molar-refractivity contribution in [1.29, 1.82) is 0 Å². The van der Waals surface area contributed by atoms with Crippen molar-refractivity contribution in [3.63, 3.8) is 0 Å². The van der Waals surface area contributed by atoms with E-state index in [4.69, 9.17) is 5.73 Å². The van der Waals surface area contributed by atoms with E-state index < -0.39 is 0 Å². The largest absolute Gasteiger partial charge is 0.325 e. The van der Waals surface area contributed by atoms with Crippen LogP contribution in [0.2, 0.25) is 0 Å². The van der Waals surface area contributed by atoms with Gasteiger partial charge >= 0.3 is 0 Å². The molecule has 0 saturated heterocycles. The van der Waals surface area contributed by atoms with Crippen LogP contribution in [0.15, 0.2) is 24.3 Å². The molecule has 0 unspecified atom stereocenters. The van der Waals surface area contributed by atoms with Gasteiger partial charge in [-0.25, -0.2) is 0 Å². The van der Waals surface area contributed by atoms with Crippen LogP contribution in [0.3, 0.4) is 0 Å². The Morgan fingerprint density at radius 2 is 1.60 bits per heavy atom. The molecule has 1 aliphatic carbocycles. The van der Waals surface area contributed by atoms with Crippen LogP contribution in [0.1, 0.15) is 70.4 Å². The van der Waals surface area contributed by atoms with E-state index in [-0.39, 0.29) is 5.54 Å². The molecule has 0 bridgehead atoms. The first-order chi connectivity index (χ1) is 9.39. The van der Waals surface area contributed by atoms with Crippen molar-refractivity contribution in [1.82, 2.24) is 0 Å². The molecule has 0 atom stereocenters. The second-order valence-electron chi connectivity index (χ2n) is 7.52. The van der Waals surface area contributed by atoms with Gasteiger partial charge in [0.05, 0.1) is 0 Å². The van der Waals surface area contributed by atoms with Crippen molar-refractivity contribution in [2.24, 2.45) is 17.6 Å².